The summed E-state index contributed by atoms with van der Waals surface area (Å²) in [6.45, 7) is 9.45. The maximum atomic E-state index is 12.3. The molecule has 2 aliphatic rings. The Balaban J connectivity index is 1.20. The highest BCUT2D eigenvalue weighted by Crippen LogP contribution is 2.21. The lowest BCUT2D eigenvalue weighted by Crippen LogP contribution is -2.44. The van der Waals surface area contributed by atoms with Gasteiger partial charge in [-0.2, -0.15) is 0 Å². The zero-order valence-electron chi connectivity index (χ0n) is 19.6. The third kappa shape index (κ3) is 6.22. The highest BCUT2D eigenvalue weighted by Gasteiger charge is 2.20. The van der Waals surface area contributed by atoms with E-state index in [0.29, 0.717) is 12.6 Å². The number of carbonyl (C=O) groups excluding carboxylic acids is 1. The normalized spacial score (nSPS) is 19.0. The first kappa shape index (κ1) is 23.0. The maximum absolute atomic E-state index is 12.3. The van der Waals surface area contributed by atoms with Crippen LogP contribution in [0.15, 0.2) is 30.5 Å². The predicted molar refractivity (Wildman–Crippen MR) is 129 cm³/mol. The van der Waals surface area contributed by atoms with Gasteiger partial charge in [-0.3, -0.25) is 4.90 Å². The maximum Gasteiger partial charge on any atom is 0.319 e. The van der Waals surface area contributed by atoms with Gasteiger partial charge in [-0.15, -0.1) is 0 Å². The molecule has 0 saturated carbocycles. The summed E-state index contributed by atoms with van der Waals surface area (Å²) in [5.74, 6) is 0. The zero-order valence-corrected chi connectivity index (χ0v) is 19.6. The molecule has 0 unspecified atom stereocenters. The van der Waals surface area contributed by atoms with Gasteiger partial charge in [-0.05, 0) is 64.3 Å². The number of nitrogens with zero attached hydrogens (tertiary/aromatic N) is 4. The molecule has 32 heavy (non-hydrogen) atoms. The number of ether oxygens (including phenoxy) is 1. The number of piperidine rings is 1. The highest BCUT2D eigenvalue weighted by molar-refractivity contribution is 5.92. The average molecular weight is 443 g/mol. The van der Waals surface area contributed by atoms with Crippen molar-refractivity contribution in [3.63, 3.8) is 0 Å². The molecule has 0 radical (unpaired) electrons. The molecule has 1 aromatic heterocycles. The third-order valence-corrected chi connectivity index (χ3v) is 6.79. The molecule has 0 bridgehead atoms. The lowest BCUT2D eigenvalue weighted by atomic mass is 10.0. The van der Waals surface area contributed by atoms with Crippen molar-refractivity contribution in [2.45, 2.75) is 25.4 Å². The van der Waals surface area contributed by atoms with Crippen LogP contribution >= 0.6 is 0 Å². The van der Waals surface area contributed by atoms with Crippen LogP contribution in [0.4, 0.5) is 10.5 Å². The minimum atomic E-state index is -0.140. The molecule has 2 saturated heterocycles. The van der Waals surface area contributed by atoms with Crippen molar-refractivity contribution in [3.05, 3.63) is 30.5 Å². The van der Waals surface area contributed by atoms with Gasteiger partial charge in [-0.1, -0.05) is 0 Å². The molecule has 0 aliphatic carbocycles. The number of amides is 2. The van der Waals surface area contributed by atoms with E-state index >= 15 is 0 Å². The number of carbonyl (C=O) groups is 1. The van der Waals surface area contributed by atoms with Crippen LogP contribution in [0.5, 0.6) is 0 Å². The molecule has 0 atom stereocenters. The van der Waals surface area contributed by atoms with Gasteiger partial charge in [0.2, 0.25) is 0 Å². The number of rotatable bonds is 8. The first-order valence-electron chi connectivity index (χ1n) is 11.9. The van der Waals surface area contributed by atoms with Gasteiger partial charge in [0, 0.05) is 68.1 Å². The highest BCUT2D eigenvalue weighted by atomic mass is 16.5. The molecular weight excluding hydrogens is 404 g/mol. The van der Waals surface area contributed by atoms with Crippen molar-refractivity contribution in [1.29, 1.82) is 0 Å². The number of likely N-dealkylation sites (tertiary alicyclic amines) is 1. The molecule has 8 nitrogen and oxygen atoms in total. The minimum absolute atomic E-state index is 0.140. The SMILES string of the molecule is CN(C)C1CCN(CCNC(=O)Nc2ccc3c(ccn3CCN3CCOCC3)c2)CC1. The van der Waals surface area contributed by atoms with Gasteiger partial charge in [0.1, 0.15) is 0 Å². The Kier molecular flexibility index (Phi) is 8.02. The van der Waals surface area contributed by atoms with Crippen molar-refractivity contribution in [1.82, 2.24) is 24.6 Å². The van der Waals surface area contributed by atoms with Crippen LogP contribution in [-0.2, 0) is 11.3 Å². The van der Waals surface area contributed by atoms with Crippen LogP contribution in [0.3, 0.4) is 0 Å². The Labute approximate surface area is 191 Å². The van der Waals surface area contributed by atoms with E-state index in [2.05, 4.69) is 62.3 Å². The average Bonchev–Trinajstić information content (AvgIpc) is 3.21. The predicted octanol–water partition coefficient (Wildman–Crippen LogP) is 2.12. The van der Waals surface area contributed by atoms with Crippen LogP contribution in [-0.4, -0.2) is 104 Å². The van der Waals surface area contributed by atoms with Gasteiger partial charge >= 0.3 is 6.03 Å². The fourth-order valence-electron chi connectivity index (χ4n) is 4.71. The van der Waals surface area contributed by atoms with E-state index in [-0.39, 0.29) is 6.03 Å². The lowest BCUT2D eigenvalue weighted by Gasteiger charge is -2.35. The molecule has 2 aromatic rings. The van der Waals surface area contributed by atoms with Crippen LogP contribution in [0.1, 0.15) is 12.8 Å². The number of hydrogen-bond acceptors (Lipinski definition) is 5. The second-order valence-corrected chi connectivity index (χ2v) is 9.15. The summed E-state index contributed by atoms with van der Waals surface area (Å²) >= 11 is 0. The van der Waals surface area contributed by atoms with Crippen LogP contribution in [0.25, 0.3) is 10.9 Å². The number of morpholine rings is 1. The van der Waals surface area contributed by atoms with E-state index in [9.17, 15) is 4.79 Å². The van der Waals surface area contributed by atoms with Crippen LogP contribution in [0, 0.1) is 0 Å². The Morgan fingerprint density at radius 2 is 1.78 bits per heavy atom. The molecule has 2 aliphatic heterocycles. The van der Waals surface area contributed by atoms with Crippen LogP contribution in [0.2, 0.25) is 0 Å². The van der Waals surface area contributed by atoms with Gasteiger partial charge in [-0.25, -0.2) is 4.79 Å². The van der Waals surface area contributed by atoms with Gasteiger partial charge in [0.15, 0.2) is 0 Å². The molecule has 2 amide bonds. The van der Waals surface area contributed by atoms with Crippen molar-refractivity contribution >= 4 is 22.6 Å². The Morgan fingerprint density at radius 1 is 1.03 bits per heavy atom. The van der Waals surface area contributed by atoms with E-state index in [1.54, 1.807) is 0 Å². The van der Waals surface area contributed by atoms with Gasteiger partial charge in [0.25, 0.3) is 0 Å². The molecule has 0 spiro atoms. The van der Waals surface area contributed by atoms with Crippen molar-refractivity contribution in [2.24, 2.45) is 0 Å². The second-order valence-electron chi connectivity index (χ2n) is 9.15. The summed E-state index contributed by atoms with van der Waals surface area (Å²) in [6.07, 6.45) is 4.53. The first-order chi connectivity index (χ1) is 15.6. The fraction of sp³-hybridized carbons (Fsp3) is 0.625. The topological polar surface area (TPSA) is 65.0 Å². The number of fused-ring (bicyclic) bond motifs is 1. The Hall–Kier alpha value is -2.13. The number of anilines is 1. The number of aromatic nitrogens is 1. The summed E-state index contributed by atoms with van der Waals surface area (Å²) in [6, 6.07) is 8.80. The minimum Gasteiger partial charge on any atom is -0.379 e. The molecule has 3 heterocycles. The molecule has 8 heteroatoms. The first-order valence-corrected chi connectivity index (χ1v) is 11.9. The monoisotopic (exact) mass is 442 g/mol. The summed E-state index contributed by atoms with van der Waals surface area (Å²) in [4.78, 5) is 19.5. The summed E-state index contributed by atoms with van der Waals surface area (Å²) in [5.41, 5.74) is 2.03. The number of benzene rings is 1. The summed E-state index contributed by atoms with van der Waals surface area (Å²) in [7, 11) is 4.31. The van der Waals surface area contributed by atoms with E-state index in [1.165, 1.54) is 18.4 Å². The number of hydrogen-bond donors (Lipinski definition) is 2. The third-order valence-electron chi connectivity index (χ3n) is 6.79. The molecule has 2 N–H and O–H groups in total. The molecule has 1 aromatic carbocycles. The lowest BCUT2D eigenvalue weighted by molar-refractivity contribution is 0.0365. The largest absolute Gasteiger partial charge is 0.379 e. The van der Waals surface area contributed by atoms with Crippen LogP contribution < -0.4 is 10.6 Å². The van der Waals surface area contributed by atoms with Gasteiger partial charge < -0.3 is 29.7 Å². The smallest absolute Gasteiger partial charge is 0.319 e. The quantitative estimate of drug-likeness (QED) is 0.656. The van der Waals surface area contributed by atoms with Crippen molar-refractivity contribution in [2.75, 3.05) is 78.4 Å². The summed E-state index contributed by atoms with van der Waals surface area (Å²) < 4.78 is 7.71. The Morgan fingerprint density at radius 3 is 2.53 bits per heavy atom. The zero-order chi connectivity index (χ0) is 22.3. The molecule has 176 valence electrons. The van der Waals surface area contributed by atoms with Crippen molar-refractivity contribution in [3.8, 4) is 0 Å². The van der Waals surface area contributed by atoms with E-state index in [1.807, 2.05) is 12.1 Å². The molecule has 2 fully saturated rings. The molecular formula is C24H38N6O2. The number of urea groups is 1. The fourth-order valence-corrected chi connectivity index (χ4v) is 4.71. The van der Waals surface area contributed by atoms with Crippen molar-refractivity contribution < 1.29 is 9.53 Å². The second kappa shape index (κ2) is 11.1. The van der Waals surface area contributed by atoms with E-state index in [0.717, 1.165) is 70.1 Å². The van der Waals surface area contributed by atoms with E-state index in [4.69, 9.17) is 4.74 Å². The summed E-state index contributed by atoms with van der Waals surface area (Å²) in [5, 5.41) is 7.13. The number of nitrogens with one attached hydrogen (secondary N) is 2. The van der Waals surface area contributed by atoms with E-state index < -0.39 is 0 Å². The standard InChI is InChI=1S/C24H38N6O2/c1-27(2)22-6-9-28(10-7-22)12-8-25-24(31)26-21-3-4-23-20(19-21)5-11-30(23)14-13-29-15-17-32-18-16-29/h3-5,11,19,22H,6-10,12-18H2,1-2H3,(H2,25,26,31). The van der Waals surface area contributed by atoms with Gasteiger partial charge in [0.05, 0.1) is 13.2 Å². The molecule has 4 rings (SSSR count). The Bertz CT molecular complexity index is 868.